The van der Waals surface area contributed by atoms with Gasteiger partial charge >= 0.3 is 5.97 Å². The van der Waals surface area contributed by atoms with Crippen molar-refractivity contribution >= 4 is 29.1 Å². The van der Waals surface area contributed by atoms with Crippen LogP contribution in [0.1, 0.15) is 58.7 Å². The molecule has 0 radical (unpaired) electrons. The number of carbonyl (C=O) groups is 1. The van der Waals surface area contributed by atoms with Gasteiger partial charge in [-0.1, -0.05) is 6.07 Å². The highest BCUT2D eigenvalue weighted by molar-refractivity contribution is 7.13. The van der Waals surface area contributed by atoms with Crippen molar-refractivity contribution in [1.29, 1.82) is 0 Å². The molecule has 2 aromatic heterocycles. The van der Waals surface area contributed by atoms with Gasteiger partial charge in [-0.15, -0.1) is 11.3 Å². The molecular weight excluding hydrogens is 400 g/mol. The first-order chi connectivity index (χ1) is 14.5. The van der Waals surface area contributed by atoms with E-state index in [9.17, 15) is 4.79 Å². The standard InChI is InChI=1S/C21H30N6O2S/c1-5-29-20(28)18-14(2)25-19(30-18)15(3)26-21(22-4)24-13-16-8-9-17(23-12-16)27-10-6-7-11-27/h8-9,12,15H,5-7,10-11,13H2,1-4H3,(H2,22,24,26). The molecule has 3 rings (SSSR count). The van der Waals surface area contributed by atoms with Crippen LogP contribution in [0.15, 0.2) is 23.3 Å². The summed E-state index contributed by atoms with van der Waals surface area (Å²) in [4.78, 5) is 28.3. The monoisotopic (exact) mass is 430 g/mol. The Morgan fingerprint density at radius 3 is 2.77 bits per heavy atom. The summed E-state index contributed by atoms with van der Waals surface area (Å²) in [7, 11) is 1.73. The summed E-state index contributed by atoms with van der Waals surface area (Å²) < 4.78 is 5.10. The molecule has 3 heterocycles. The molecule has 8 nitrogen and oxygen atoms in total. The zero-order chi connectivity index (χ0) is 21.5. The molecule has 0 saturated carbocycles. The molecule has 30 heavy (non-hydrogen) atoms. The van der Waals surface area contributed by atoms with Gasteiger partial charge in [0.25, 0.3) is 0 Å². The number of aliphatic imine (C=N–C) groups is 1. The zero-order valence-electron chi connectivity index (χ0n) is 18.1. The van der Waals surface area contributed by atoms with Crippen LogP contribution in [0.3, 0.4) is 0 Å². The second-order valence-electron chi connectivity index (χ2n) is 7.20. The number of anilines is 1. The first-order valence-electron chi connectivity index (χ1n) is 10.3. The number of pyridine rings is 1. The molecule has 2 N–H and O–H groups in total. The van der Waals surface area contributed by atoms with Gasteiger partial charge < -0.3 is 20.3 Å². The van der Waals surface area contributed by atoms with Crippen molar-refractivity contribution in [2.75, 3.05) is 31.6 Å². The minimum atomic E-state index is -0.321. The Morgan fingerprint density at radius 2 is 2.13 bits per heavy atom. The van der Waals surface area contributed by atoms with Gasteiger partial charge in [0.15, 0.2) is 5.96 Å². The molecule has 1 aliphatic heterocycles. The second kappa shape index (κ2) is 10.4. The molecule has 0 aromatic carbocycles. The lowest BCUT2D eigenvalue weighted by Gasteiger charge is -2.18. The quantitative estimate of drug-likeness (QED) is 0.396. The van der Waals surface area contributed by atoms with E-state index in [0.717, 1.165) is 29.5 Å². The molecule has 0 bridgehead atoms. The number of hydrogen-bond acceptors (Lipinski definition) is 7. The number of hydrogen-bond donors (Lipinski definition) is 2. The maximum Gasteiger partial charge on any atom is 0.350 e. The van der Waals surface area contributed by atoms with Crippen molar-refractivity contribution in [1.82, 2.24) is 20.6 Å². The number of nitrogens with one attached hydrogen (secondary N) is 2. The lowest BCUT2D eigenvalue weighted by Crippen LogP contribution is -2.38. The van der Waals surface area contributed by atoms with Crippen molar-refractivity contribution < 1.29 is 9.53 Å². The molecule has 0 amide bonds. The number of esters is 1. The molecule has 1 unspecified atom stereocenters. The first-order valence-corrected chi connectivity index (χ1v) is 11.1. The molecular formula is C21H30N6O2S. The van der Waals surface area contributed by atoms with E-state index in [1.165, 1.54) is 24.2 Å². The molecule has 2 aromatic rings. The Kier molecular flexibility index (Phi) is 7.62. The van der Waals surface area contributed by atoms with Crippen LogP contribution >= 0.6 is 11.3 Å². The Morgan fingerprint density at radius 1 is 1.37 bits per heavy atom. The lowest BCUT2D eigenvalue weighted by molar-refractivity contribution is 0.0531. The normalized spacial score (nSPS) is 15.2. The maximum absolute atomic E-state index is 12.0. The fourth-order valence-corrected chi connectivity index (χ4v) is 4.25. The topological polar surface area (TPSA) is 91.7 Å². The number of thiazole rings is 1. The van der Waals surface area contributed by atoms with Crippen LogP contribution in [0, 0.1) is 6.92 Å². The third kappa shape index (κ3) is 5.47. The van der Waals surface area contributed by atoms with Crippen LogP contribution < -0.4 is 15.5 Å². The Balaban J connectivity index is 1.55. The summed E-state index contributed by atoms with van der Waals surface area (Å²) in [6, 6.07) is 4.08. The van der Waals surface area contributed by atoms with Crippen LogP contribution in [-0.4, -0.2) is 48.6 Å². The number of nitrogens with zero attached hydrogens (tertiary/aromatic N) is 4. The fraction of sp³-hybridized carbons (Fsp3) is 0.524. The molecule has 1 atom stereocenters. The highest BCUT2D eigenvalue weighted by atomic mass is 32.1. The van der Waals surface area contributed by atoms with E-state index < -0.39 is 0 Å². The van der Waals surface area contributed by atoms with Crippen molar-refractivity contribution in [2.24, 2.45) is 4.99 Å². The number of ether oxygens (including phenoxy) is 1. The van der Waals surface area contributed by atoms with Gasteiger partial charge in [0.2, 0.25) is 0 Å². The maximum atomic E-state index is 12.0. The van der Waals surface area contributed by atoms with Crippen molar-refractivity contribution in [2.45, 2.75) is 46.2 Å². The van der Waals surface area contributed by atoms with E-state index in [4.69, 9.17) is 4.74 Å². The third-order valence-electron chi connectivity index (χ3n) is 4.92. The highest BCUT2D eigenvalue weighted by Crippen LogP contribution is 2.24. The van der Waals surface area contributed by atoms with E-state index in [1.807, 2.05) is 20.0 Å². The van der Waals surface area contributed by atoms with Crippen LogP contribution in [-0.2, 0) is 11.3 Å². The Hall–Kier alpha value is -2.68. The lowest BCUT2D eigenvalue weighted by atomic mass is 10.2. The first kappa shape index (κ1) is 22.0. The summed E-state index contributed by atoms with van der Waals surface area (Å²) in [5.41, 5.74) is 1.78. The summed E-state index contributed by atoms with van der Waals surface area (Å²) in [5.74, 6) is 1.39. The predicted molar refractivity (Wildman–Crippen MR) is 120 cm³/mol. The molecule has 9 heteroatoms. The van der Waals surface area contributed by atoms with E-state index >= 15 is 0 Å². The van der Waals surface area contributed by atoms with Crippen molar-refractivity contribution in [3.8, 4) is 0 Å². The number of guanidine groups is 1. The number of aryl methyl sites for hydroxylation is 1. The fourth-order valence-electron chi connectivity index (χ4n) is 3.29. The number of carbonyl (C=O) groups excluding carboxylic acids is 1. The van der Waals surface area contributed by atoms with Gasteiger partial charge in [-0.05, 0) is 45.2 Å². The van der Waals surface area contributed by atoms with Crippen LogP contribution in [0.25, 0.3) is 0 Å². The zero-order valence-corrected chi connectivity index (χ0v) is 18.9. The van der Waals surface area contributed by atoms with Gasteiger partial charge in [0.1, 0.15) is 15.7 Å². The SMILES string of the molecule is CCOC(=O)c1sc(C(C)NC(=NC)NCc2ccc(N3CCCC3)nc2)nc1C. The van der Waals surface area contributed by atoms with Gasteiger partial charge in [-0.25, -0.2) is 14.8 Å². The van der Waals surface area contributed by atoms with E-state index in [0.29, 0.717) is 29.7 Å². The van der Waals surface area contributed by atoms with Crippen LogP contribution in [0.5, 0.6) is 0 Å². The van der Waals surface area contributed by atoms with Crippen molar-refractivity contribution in [3.63, 3.8) is 0 Å². The summed E-state index contributed by atoms with van der Waals surface area (Å²) in [6.07, 6.45) is 4.39. The van der Waals surface area contributed by atoms with Gasteiger partial charge in [-0.2, -0.15) is 0 Å². The Bertz CT molecular complexity index is 874. The van der Waals surface area contributed by atoms with Gasteiger partial charge in [0, 0.05) is 32.9 Å². The summed E-state index contributed by atoms with van der Waals surface area (Å²) in [6.45, 7) is 8.76. The molecule has 1 aliphatic rings. The number of aromatic nitrogens is 2. The minimum absolute atomic E-state index is 0.0984. The largest absolute Gasteiger partial charge is 0.462 e. The van der Waals surface area contributed by atoms with Crippen LogP contribution in [0.4, 0.5) is 5.82 Å². The summed E-state index contributed by atoms with van der Waals surface area (Å²) >= 11 is 1.35. The average molecular weight is 431 g/mol. The van der Waals surface area contributed by atoms with Gasteiger partial charge in [0.05, 0.1) is 18.3 Å². The minimum Gasteiger partial charge on any atom is -0.462 e. The molecule has 1 saturated heterocycles. The van der Waals surface area contributed by atoms with Crippen molar-refractivity contribution in [3.05, 3.63) is 39.5 Å². The van der Waals surface area contributed by atoms with E-state index in [2.05, 4.69) is 42.6 Å². The summed E-state index contributed by atoms with van der Waals surface area (Å²) in [5, 5.41) is 7.45. The molecule has 162 valence electrons. The Labute approximate surface area is 181 Å². The van der Waals surface area contributed by atoms with E-state index in [-0.39, 0.29) is 12.0 Å². The number of rotatable bonds is 7. The van der Waals surface area contributed by atoms with Gasteiger partial charge in [-0.3, -0.25) is 4.99 Å². The van der Waals surface area contributed by atoms with E-state index in [1.54, 1.807) is 14.0 Å². The average Bonchev–Trinajstić information content (AvgIpc) is 3.41. The smallest absolute Gasteiger partial charge is 0.350 e. The molecule has 0 aliphatic carbocycles. The predicted octanol–water partition coefficient (Wildman–Crippen LogP) is 3.05. The third-order valence-corrected chi connectivity index (χ3v) is 6.24. The molecule has 1 fully saturated rings. The van der Waals surface area contributed by atoms with Crippen LogP contribution in [0.2, 0.25) is 0 Å². The highest BCUT2D eigenvalue weighted by Gasteiger charge is 2.20. The second-order valence-corrected chi connectivity index (χ2v) is 8.23. The molecule has 0 spiro atoms.